The fourth-order valence-electron chi connectivity index (χ4n) is 5.99. The monoisotopic (exact) mass is 472 g/mol. The molecule has 0 aliphatic carbocycles. The highest BCUT2D eigenvalue weighted by atomic mass is 15.3. The molecule has 6 aromatic rings. The lowest BCUT2D eigenvalue weighted by Gasteiger charge is -2.15. The molecule has 0 atom stereocenters. The van der Waals surface area contributed by atoms with Gasteiger partial charge in [-0.05, 0) is 68.5 Å². The van der Waals surface area contributed by atoms with E-state index in [-0.39, 0.29) is 6.04 Å². The molecule has 180 valence electrons. The fraction of sp³-hybridized carbons (Fsp3) is 0.242. The molecular weight excluding hydrogens is 438 g/mol. The highest BCUT2D eigenvalue weighted by Crippen LogP contribution is 2.38. The van der Waals surface area contributed by atoms with Crippen LogP contribution < -0.4 is 4.57 Å². The molecule has 2 aromatic heterocycles. The summed E-state index contributed by atoms with van der Waals surface area (Å²) in [4.78, 5) is 0. The summed E-state index contributed by atoms with van der Waals surface area (Å²) in [6.45, 7) is 13.6. The summed E-state index contributed by atoms with van der Waals surface area (Å²) < 4.78 is 7.55. The van der Waals surface area contributed by atoms with Crippen molar-refractivity contribution in [1.29, 1.82) is 0 Å². The van der Waals surface area contributed by atoms with Gasteiger partial charge in [0.1, 0.15) is 27.8 Å². The van der Waals surface area contributed by atoms with Gasteiger partial charge in [-0.15, -0.1) is 0 Å². The molecule has 36 heavy (non-hydrogen) atoms. The third kappa shape index (κ3) is 3.15. The first kappa shape index (κ1) is 22.6. The molecule has 0 spiro atoms. The first-order valence-electron chi connectivity index (χ1n) is 13.0. The van der Waals surface area contributed by atoms with E-state index in [0.717, 1.165) is 0 Å². The first-order chi connectivity index (χ1) is 17.4. The van der Waals surface area contributed by atoms with Crippen molar-refractivity contribution in [3.63, 3.8) is 0 Å². The molecule has 4 aromatic carbocycles. The number of fused-ring (bicyclic) bond motifs is 4. The van der Waals surface area contributed by atoms with Gasteiger partial charge in [-0.25, -0.2) is 4.57 Å². The average molecular weight is 473 g/mol. The Balaban J connectivity index is 1.94. The second-order valence-electron chi connectivity index (χ2n) is 10.6. The average Bonchev–Trinajstić information content (AvgIpc) is 3.37. The van der Waals surface area contributed by atoms with Gasteiger partial charge in [0.2, 0.25) is 0 Å². The van der Waals surface area contributed by atoms with Crippen LogP contribution in [0.15, 0.2) is 84.9 Å². The maximum atomic E-state index is 2.53. The highest BCUT2D eigenvalue weighted by Gasteiger charge is 2.33. The van der Waals surface area contributed by atoms with E-state index in [9.17, 15) is 0 Å². The van der Waals surface area contributed by atoms with Crippen LogP contribution in [0, 0.1) is 13.8 Å². The number of hydrogen-bond donors (Lipinski definition) is 0. The quantitative estimate of drug-likeness (QED) is 0.229. The lowest BCUT2D eigenvalue weighted by atomic mass is 10.00. The standard InChI is InChI=1S/C33H34N3/c1-21(2)25-16-12-17-27-26-15-7-8-18-28(26)35(32(25)27)33-34(22(3)4)29-19-9-10-20-30(29)36(33)31-23(5)13-11-14-24(31)6/h7-22H,1-6H3/q+1. The van der Waals surface area contributed by atoms with Crippen LogP contribution in [0.4, 0.5) is 0 Å². The number of nitrogens with zero attached hydrogens (tertiary/aromatic N) is 3. The molecule has 0 aliphatic rings. The minimum Gasteiger partial charge on any atom is -0.225 e. The molecule has 0 bridgehead atoms. The molecular formula is C33H34N3+. The Morgan fingerprint density at radius 3 is 1.92 bits per heavy atom. The molecule has 0 N–H and O–H groups in total. The van der Waals surface area contributed by atoms with Gasteiger partial charge in [-0.2, -0.15) is 9.13 Å². The number of hydrogen-bond acceptors (Lipinski definition) is 0. The van der Waals surface area contributed by atoms with E-state index in [1.165, 1.54) is 61.2 Å². The van der Waals surface area contributed by atoms with Crippen molar-refractivity contribution >= 4 is 32.8 Å². The Morgan fingerprint density at radius 1 is 0.611 bits per heavy atom. The second kappa shape index (κ2) is 8.37. The molecule has 2 heterocycles. The Kier molecular flexibility index (Phi) is 5.26. The Morgan fingerprint density at radius 2 is 1.22 bits per heavy atom. The molecule has 0 fully saturated rings. The van der Waals surface area contributed by atoms with Crippen LogP contribution in [0.1, 0.15) is 56.3 Å². The summed E-state index contributed by atoms with van der Waals surface area (Å²) in [6, 6.07) is 31.4. The van der Waals surface area contributed by atoms with Crippen LogP contribution in [-0.2, 0) is 0 Å². The third-order valence-corrected chi connectivity index (χ3v) is 7.53. The van der Waals surface area contributed by atoms with Crippen LogP contribution in [0.25, 0.3) is 44.5 Å². The minimum absolute atomic E-state index is 0.276. The molecule has 0 aliphatic heterocycles. The van der Waals surface area contributed by atoms with Crippen molar-refractivity contribution in [1.82, 2.24) is 9.13 Å². The van der Waals surface area contributed by atoms with Crippen LogP contribution in [0.3, 0.4) is 0 Å². The molecule has 0 radical (unpaired) electrons. The van der Waals surface area contributed by atoms with Crippen molar-refractivity contribution in [2.45, 2.75) is 53.5 Å². The van der Waals surface area contributed by atoms with Crippen LogP contribution in [-0.4, -0.2) is 9.13 Å². The minimum atomic E-state index is 0.276. The van der Waals surface area contributed by atoms with Gasteiger partial charge in [0.15, 0.2) is 0 Å². The Bertz CT molecular complexity index is 1740. The molecule has 0 saturated heterocycles. The maximum Gasteiger partial charge on any atom is 0.376 e. The van der Waals surface area contributed by atoms with Gasteiger partial charge in [-0.1, -0.05) is 80.6 Å². The lowest BCUT2D eigenvalue weighted by molar-refractivity contribution is -0.685. The van der Waals surface area contributed by atoms with Crippen molar-refractivity contribution in [2.75, 3.05) is 0 Å². The van der Waals surface area contributed by atoms with E-state index in [4.69, 9.17) is 0 Å². The Labute approximate surface area is 213 Å². The number of rotatable bonds is 4. The van der Waals surface area contributed by atoms with Gasteiger partial charge in [0, 0.05) is 10.8 Å². The molecule has 3 heteroatoms. The van der Waals surface area contributed by atoms with Crippen molar-refractivity contribution in [2.24, 2.45) is 0 Å². The SMILES string of the molecule is Cc1cccc(C)c1-n1c(-n2c3ccccc3c3cccc(C(C)C)c32)[n+](C(C)C)c2ccccc21. The summed E-state index contributed by atoms with van der Waals surface area (Å²) in [5.41, 5.74) is 10.2. The molecule has 0 amide bonds. The van der Waals surface area contributed by atoms with E-state index < -0.39 is 0 Å². The summed E-state index contributed by atoms with van der Waals surface area (Å²) in [6.07, 6.45) is 0. The Hall–Kier alpha value is -3.85. The van der Waals surface area contributed by atoms with Crippen LogP contribution in [0.5, 0.6) is 0 Å². The van der Waals surface area contributed by atoms with Crippen LogP contribution >= 0.6 is 0 Å². The smallest absolute Gasteiger partial charge is 0.225 e. The third-order valence-electron chi connectivity index (χ3n) is 7.53. The number of imidazole rings is 1. The lowest BCUT2D eigenvalue weighted by Crippen LogP contribution is -2.40. The van der Waals surface area contributed by atoms with Gasteiger partial charge >= 0.3 is 5.95 Å². The summed E-state index contributed by atoms with van der Waals surface area (Å²) in [7, 11) is 0. The normalized spacial score (nSPS) is 12.1. The van der Waals surface area contributed by atoms with E-state index in [1.54, 1.807) is 0 Å². The van der Waals surface area contributed by atoms with Gasteiger partial charge in [0.25, 0.3) is 0 Å². The topological polar surface area (TPSA) is 13.7 Å². The number of aromatic nitrogens is 3. The van der Waals surface area contributed by atoms with Crippen molar-refractivity contribution in [3.05, 3.63) is 102 Å². The van der Waals surface area contributed by atoms with Crippen LogP contribution in [0.2, 0.25) is 0 Å². The first-order valence-corrected chi connectivity index (χ1v) is 13.0. The van der Waals surface area contributed by atoms with Gasteiger partial charge in [-0.3, -0.25) is 0 Å². The second-order valence-corrected chi connectivity index (χ2v) is 10.6. The molecule has 0 saturated carbocycles. The maximum absolute atomic E-state index is 2.53. The predicted octanol–water partition coefficient (Wildman–Crippen LogP) is 8.34. The zero-order valence-corrected chi connectivity index (χ0v) is 22.1. The van der Waals surface area contributed by atoms with E-state index in [2.05, 4.69) is 140 Å². The van der Waals surface area contributed by atoms with Gasteiger partial charge < -0.3 is 0 Å². The van der Waals surface area contributed by atoms with E-state index in [1.807, 2.05) is 0 Å². The number of benzene rings is 4. The van der Waals surface area contributed by atoms with E-state index >= 15 is 0 Å². The zero-order valence-electron chi connectivity index (χ0n) is 22.1. The largest absolute Gasteiger partial charge is 0.376 e. The molecule has 6 rings (SSSR count). The van der Waals surface area contributed by atoms with Crippen molar-refractivity contribution in [3.8, 4) is 11.6 Å². The van der Waals surface area contributed by atoms with E-state index in [0.29, 0.717) is 5.92 Å². The molecule has 0 unspecified atom stereocenters. The predicted molar refractivity (Wildman–Crippen MR) is 152 cm³/mol. The molecule has 3 nitrogen and oxygen atoms in total. The number of aryl methyl sites for hydroxylation is 2. The summed E-state index contributed by atoms with van der Waals surface area (Å²) in [5, 5.41) is 2.61. The summed E-state index contributed by atoms with van der Waals surface area (Å²) in [5.74, 6) is 1.59. The fourth-order valence-corrected chi connectivity index (χ4v) is 5.99. The summed E-state index contributed by atoms with van der Waals surface area (Å²) >= 11 is 0. The van der Waals surface area contributed by atoms with Gasteiger partial charge in [0.05, 0.1) is 6.04 Å². The van der Waals surface area contributed by atoms with Crippen molar-refractivity contribution < 1.29 is 4.57 Å². The highest BCUT2D eigenvalue weighted by molar-refractivity contribution is 6.10. The number of para-hydroxylation sites is 5. The zero-order chi connectivity index (χ0) is 25.1.